The normalized spacial score (nSPS) is 11.7. The number of benzene rings is 2. The third kappa shape index (κ3) is 3.36. The molecule has 0 spiro atoms. The average Bonchev–Trinajstić information content (AvgIpc) is 3.08. The maximum atomic E-state index is 12.9. The van der Waals surface area contributed by atoms with Crippen LogP contribution in [-0.4, -0.2) is 25.8 Å². The van der Waals surface area contributed by atoms with Gasteiger partial charge in [-0.05, 0) is 25.0 Å². The number of nitrogens with zero attached hydrogens (tertiary/aromatic N) is 4. The SMILES string of the molecule is CCCCn1nc(C(=O)N=Nc2c(O)[nH]c3c(C)cccc23)c2ccccc2c1=O. The van der Waals surface area contributed by atoms with E-state index >= 15 is 0 Å². The van der Waals surface area contributed by atoms with E-state index < -0.39 is 5.91 Å². The summed E-state index contributed by atoms with van der Waals surface area (Å²) in [6.07, 6.45) is 1.66. The Morgan fingerprint density at radius 2 is 1.87 bits per heavy atom. The minimum Gasteiger partial charge on any atom is -0.493 e. The Kier molecular flexibility index (Phi) is 5.14. The highest BCUT2D eigenvalue weighted by Gasteiger charge is 2.17. The highest BCUT2D eigenvalue weighted by molar-refractivity contribution is 6.05. The lowest BCUT2D eigenvalue weighted by molar-refractivity contribution is 0.0989. The predicted molar refractivity (Wildman–Crippen MR) is 114 cm³/mol. The van der Waals surface area contributed by atoms with Crippen molar-refractivity contribution < 1.29 is 9.90 Å². The molecule has 0 aliphatic rings. The lowest BCUT2D eigenvalue weighted by Gasteiger charge is -2.08. The summed E-state index contributed by atoms with van der Waals surface area (Å²) in [5.74, 6) is -0.848. The zero-order valence-electron chi connectivity index (χ0n) is 16.7. The number of aromatic amines is 1. The molecule has 2 heterocycles. The average molecular weight is 403 g/mol. The third-order valence-corrected chi connectivity index (χ3v) is 5.03. The Bertz CT molecular complexity index is 1350. The molecule has 8 nitrogen and oxygen atoms in total. The van der Waals surface area contributed by atoms with Gasteiger partial charge in [0.15, 0.2) is 11.4 Å². The fraction of sp³-hybridized carbons (Fsp3) is 0.227. The van der Waals surface area contributed by atoms with E-state index in [1.165, 1.54) is 4.68 Å². The Morgan fingerprint density at radius 1 is 1.13 bits per heavy atom. The number of nitrogens with one attached hydrogen (secondary N) is 1. The van der Waals surface area contributed by atoms with E-state index in [9.17, 15) is 14.7 Å². The molecule has 0 aliphatic heterocycles. The molecule has 0 radical (unpaired) electrons. The second-order valence-electron chi connectivity index (χ2n) is 7.10. The smallest absolute Gasteiger partial charge is 0.316 e. The number of hydrogen-bond donors (Lipinski definition) is 2. The number of para-hydroxylation sites is 1. The van der Waals surface area contributed by atoms with Crippen LogP contribution in [0, 0.1) is 6.92 Å². The molecule has 30 heavy (non-hydrogen) atoms. The van der Waals surface area contributed by atoms with Crippen LogP contribution in [0.3, 0.4) is 0 Å². The summed E-state index contributed by atoms with van der Waals surface area (Å²) < 4.78 is 1.31. The first-order chi connectivity index (χ1) is 14.5. The van der Waals surface area contributed by atoms with E-state index in [0.29, 0.717) is 22.7 Å². The molecule has 0 unspecified atom stereocenters. The molecule has 1 amide bonds. The van der Waals surface area contributed by atoms with Crippen molar-refractivity contribution in [3.8, 4) is 5.88 Å². The van der Waals surface area contributed by atoms with Gasteiger partial charge in [0.2, 0.25) is 5.88 Å². The van der Waals surface area contributed by atoms with Gasteiger partial charge in [0, 0.05) is 17.3 Å². The Balaban J connectivity index is 1.79. The zero-order chi connectivity index (χ0) is 21.3. The number of amides is 1. The number of azo groups is 1. The number of aryl methyl sites for hydroxylation is 2. The fourth-order valence-corrected chi connectivity index (χ4v) is 3.43. The maximum Gasteiger partial charge on any atom is 0.316 e. The minimum absolute atomic E-state index is 0.0561. The van der Waals surface area contributed by atoms with E-state index in [1.807, 2.05) is 26.0 Å². The molecule has 8 heteroatoms. The summed E-state index contributed by atoms with van der Waals surface area (Å²) in [5, 5.41) is 23.8. The standard InChI is InChI=1S/C22H21N5O3/c1-3-4-12-27-22(30)15-10-6-5-9-14(15)19(26-27)21(29)25-24-18-16-11-7-8-13(2)17(16)23-20(18)28/h5-11,23,28H,3-4,12H2,1-2H3. The van der Waals surface area contributed by atoms with Crippen molar-refractivity contribution in [2.75, 3.05) is 0 Å². The number of carbonyl (C=O) groups excluding carboxylic acids is 1. The van der Waals surface area contributed by atoms with Crippen molar-refractivity contribution in [2.45, 2.75) is 33.2 Å². The summed E-state index contributed by atoms with van der Waals surface area (Å²) in [4.78, 5) is 28.4. The number of aromatic nitrogens is 3. The largest absolute Gasteiger partial charge is 0.493 e. The first kappa shape index (κ1) is 19.5. The van der Waals surface area contributed by atoms with Crippen molar-refractivity contribution in [1.82, 2.24) is 14.8 Å². The number of hydrogen-bond acceptors (Lipinski definition) is 5. The topological polar surface area (TPSA) is 113 Å². The highest BCUT2D eigenvalue weighted by Crippen LogP contribution is 2.36. The molecule has 4 rings (SSSR count). The molecule has 0 bridgehead atoms. The Morgan fingerprint density at radius 3 is 2.63 bits per heavy atom. The number of carbonyl (C=O) groups is 1. The summed E-state index contributed by atoms with van der Waals surface area (Å²) in [5.41, 5.74) is 1.67. The van der Waals surface area contributed by atoms with Gasteiger partial charge in [0.05, 0.1) is 10.9 Å². The number of fused-ring (bicyclic) bond motifs is 2. The molecular weight excluding hydrogens is 382 g/mol. The summed E-state index contributed by atoms with van der Waals surface area (Å²) >= 11 is 0. The van der Waals surface area contributed by atoms with Crippen LogP contribution in [0.4, 0.5) is 5.69 Å². The molecule has 0 saturated heterocycles. The molecule has 4 aromatic rings. The van der Waals surface area contributed by atoms with Crippen LogP contribution >= 0.6 is 0 Å². The molecule has 152 valence electrons. The number of aromatic hydroxyl groups is 1. The molecule has 2 N–H and O–H groups in total. The van der Waals surface area contributed by atoms with Gasteiger partial charge in [-0.15, -0.1) is 10.2 Å². The van der Waals surface area contributed by atoms with Crippen molar-refractivity contribution in [3.63, 3.8) is 0 Å². The predicted octanol–water partition coefficient (Wildman–Crippen LogP) is 4.62. The van der Waals surface area contributed by atoms with E-state index in [-0.39, 0.29) is 22.8 Å². The van der Waals surface area contributed by atoms with E-state index in [1.54, 1.807) is 30.3 Å². The quantitative estimate of drug-likeness (QED) is 0.474. The van der Waals surface area contributed by atoms with Gasteiger partial charge < -0.3 is 10.1 Å². The summed E-state index contributed by atoms with van der Waals surface area (Å²) in [6, 6.07) is 12.4. The van der Waals surface area contributed by atoms with Gasteiger partial charge in [-0.3, -0.25) is 9.59 Å². The summed E-state index contributed by atoms with van der Waals surface area (Å²) in [6.45, 7) is 4.34. The van der Waals surface area contributed by atoms with E-state index in [2.05, 4.69) is 20.3 Å². The van der Waals surface area contributed by atoms with Crippen LogP contribution in [0.1, 0.15) is 35.8 Å². The van der Waals surface area contributed by atoms with Gasteiger partial charge >= 0.3 is 5.91 Å². The second-order valence-corrected chi connectivity index (χ2v) is 7.10. The van der Waals surface area contributed by atoms with Crippen molar-refractivity contribution in [3.05, 3.63) is 64.1 Å². The lowest BCUT2D eigenvalue weighted by Crippen LogP contribution is -2.25. The van der Waals surface area contributed by atoms with Gasteiger partial charge in [-0.25, -0.2) is 4.68 Å². The Labute approximate surface area is 171 Å². The molecule has 2 aromatic heterocycles. The first-order valence-corrected chi connectivity index (χ1v) is 9.77. The van der Waals surface area contributed by atoms with Crippen molar-refractivity contribution >= 4 is 33.3 Å². The molecule has 0 aliphatic carbocycles. The number of unbranched alkanes of at least 4 members (excludes halogenated alkanes) is 1. The molecule has 0 atom stereocenters. The molecule has 0 fully saturated rings. The van der Waals surface area contributed by atoms with E-state index in [0.717, 1.165) is 23.9 Å². The van der Waals surface area contributed by atoms with Crippen LogP contribution in [-0.2, 0) is 6.54 Å². The highest BCUT2D eigenvalue weighted by atomic mass is 16.3. The third-order valence-electron chi connectivity index (χ3n) is 5.03. The van der Waals surface area contributed by atoms with Gasteiger partial charge in [-0.2, -0.15) is 5.10 Å². The second kappa shape index (κ2) is 7.90. The number of rotatable bonds is 5. The van der Waals surface area contributed by atoms with Gasteiger partial charge in [0.1, 0.15) is 0 Å². The first-order valence-electron chi connectivity index (χ1n) is 9.77. The maximum absolute atomic E-state index is 12.9. The van der Waals surface area contributed by atoms with Gasteiger partial charge in [0.25, 0.3) is 5.56 Å². The van der Waals surface area contributed by atoms with E-state index in [4.69, 9.17) is 0 Å². The lowest BCUT2D eigenvalue weighted by atomic mass is 10.1. The molecule has 2 aromatic carbocycles. The molecular formula is C22H21N5O3. The number of H-pyrrole nitrogens is 1. The van der Waals surface area contributed by atoms with Crippen LogP contribution in [0.15, 0.2) is 57.5 Å². The summed E-state index contributed by atoms with van der Waals surface area (Å²) in [7, 11) is 0. The van der Waals surface area contributed by atoms with Crippen LogP contribution in [0.2, 0.25) is 0 Å². The van der Waals surface area contributed by atoms with Crippen molar-refractivity contribution in [1.29, 1.82) is 0 Å². The monoisotopic (exact) mass is 403 g/mol. The van der Waals surface area contributed by atoms with Crippen molar-refractivity contribution in [2.24, 2.45) is 10.2 Å². The van der Waals surface area contributed by atoms with Crippen LogP contribution < -0.4 is 5.56 Å². The fourth-order valence-electron chi connectivity index (χ4n) is 3.43. The molecule has 0 saturated carbocycles. The minimum atomic E-state index is -0.683. The van der Waals surface area contributed by atoms with Crippen LogP contribution in [0.25, 0.3) is 21.7 Å². The van der Waals surface area contributed by atoms with Gasteiger partial charge in [-0.1, -0.05) is 49.7 Å². The zero-order valence-corrected chi connectivity index (χ0v) is 16.7. The van der Waals surface area contributed by atoms with Crippen LogP contribution in [0.5, 0.6) is 5.88 Å². The Hall–Kier alpha value is -3.81.